The molecule has 7 heteroatoms. The lowest BCUT2D eigenvalue weighted by atomic mass is 10.1. The van der Waals surface area contributed by atoms with Crippen molar-refractivity contribution in [3.63, 3.8) is 0 Å². The molecule has 0 aliphatic carbocycles. The summed E-state index contributed by atoms with van der Waals surface area (Å²) in [7, 11) is 5.21. The number of quaternary nitrogens is 1. The highest BCUT2D eigenvalue weighted by molar-refractivity contribution is 5.95. The van der Waals surface area contributed by atoms with E-state index in [0.29, 0.717) is 24.7 Å². The number of aryl methyl sites for hydroxylation is 2. The van der Waals surface area contributed by atoms with Crippen LogP contribution in [-0.4, -0.2) is 57.6 Å². The van der Waals surface area contributed by atoms with E-state index in [2.05, 4.69) is 5.32 Å². The molecule has 0 aromatic heterocycles. The Bertz CT molecular complexity index is 893. The van der Waals surface area contributed by atoms with Crippen LogP contribution in [0.1, 0.15) is 23.6 Å². The van der Waals surface area contributed by atoms with Gasteiger partial charge in [-0.25, -0.2) is 0 Å². The molecule has 0 aliphatic heterocycles. The monoisotopic (exact) mass is 428 g/mol. The van der Waals surface area contributed by atoms with Gasteiger partial charge < -0.3 is 24.6 Å². The zero-order valence-corrected chi connectivity index (χ0v) is 19.4. The minimum atomic E-state index is -0.206. The molecule has 0 radical (unpaired) electrons. The van der Waals surface area contributed by atoms with Crippen LogP contribution in [0.2, 0.25) is 0 Å². The molecule has 31 heavy (non-hydrogen) atoms. The molecule has 2 aromatic carbocycles. The predicted molar refractivity (Wildman–Crippen MR) is 122 cm³/mol. The van der Waals surface area contributed by atoms with Gasteiger partial charge in [0.1, 0.15) is 6.54 Å². The molecular weight excluding hydrogens is 394 g/mol. The summed E-state index contributed by atoms with van der Waals surface area (Å²) < 4.78 is 10.9. The first-order valence-electron chi connectivity index (χ1n) is 10.5. The van der Waals surface area contributed by atoms with Crippen LogP contribution >= 0.6 is 0 Å². The number of anilines is 1. The molecule has 0 fully saturated rings. The van der Waals surface area contributed by atoms with Crippen LogP contribution in [0.15, 0.2) is 36.4 Å². The molecule has 1 atom stereocenters. The average molecular weight is 429 g/mol. The second-order valence-corrected chi connectivity index (χ2v) is 7.79. The maximum absolute atomic E-state index is 12.6. The van der Waals surface area contributed by atoms with E-state index in [4.69, 9.17) is 9.47 Å². The number of rotatable bonds is 10. The summed E-state index contributed by atoms with van der Waals surface area (Å²) >= 11 is 0. The molecule has 0 aliphatic rings. The molecule has 2 rings (SSSR count). The largest absolute Gasteiger partial charge is 0.493 e. The van der Waals surface area contributed by atoms with Crippen molar-refractivity contribution < 1.29 is 24.0 Å². The quantitative estimate of drug-likeness (QED) is 0.606. The van der Waals surface area contributed by atoms with Gasteiger partial charge in [0, 0.05) is 18.3 Å². The Kier molecular flexibility index (Phi) is 8.88. The van der Waals surface area contributed by atoms with Crippen LogP contribution in [0, 0.1) is 13.8 Å². The van der Waals surface area contributed by atoms with E-state index in [1.54, 1.807) is 14.2 Å². The molecule has 0 saturated heterocycles. The molecular formula is C24H34N3O4+. The zero-order chi connectivity index (χ0) is 23.0. The number of para-hydroxylation sites is 1. The van der Waals surface area contributed by atoms with Crippen molar-refractivity contribution >= 4 is 17.5 Å². The fraction of sp³-hybridized carbons (Fsp3) is 0.417. The van der Waals surface area contributed by atoms with Crippen molar-refractivity contribution in [2.24, 2.45) is 0 Å². The second-order valence-electron chi connectivity index (χ2n) is 7.79. The van der Waals surface area contributed by atoms with E-state index < -0.39 is 0 Å². The summed E-state index contributed by atoms with van der Waals surface area (Å²) in [6.45, 7) is 7.34. The van der Waals surface area contributed by atoms with Gasteiger partial charge in [-0.1, -0.05) is 18.2 Å². The standard InChI is InChI=1S/C24H33N3O4/c1-7-31-20-12-11-19(13-21(20)30-6)14-26(4)16-23(29)27(5)15-22(28)25-24-17(2)9-8-10-18(24)3/h8-13H,7,14-16H2,1-6H3,(H,25,28)/p+1. The number of nitrogens with one attached hydrogen (secondary N) is 2. The van der Waals surface area contributed by atoms with Crippen LogP contribution in [0.25, 0.3) is 0 Å². The van der Waals surface area contributed by atoms with Gasteiger partial charge >= 0.3 is 0 Å². The van der Waals surface area contributed by atoms with Crippen molar-refractivity contribution in [1.82, 2.24) is 4.90 Å². The number of likely N-dealkylation sites (N-methyl/N-ethyl adjacent to an activating group) is 2. The Morgan fingerprint density at radius 3 is 2.39 bits per heavy atom. The Labute approximate surface area is 184 Å². The minimum absolute atomic E-state index is 0.0107. The number of methoxy groups -OCH3 is 1. The lowest BCUT2D eigenvalue weighted by Crippen LogP contribution is -3.08. The van der Waals surface area contributed by atoms with Gasteiger partial charge in [0.15, 0.2) is 18.0 Å². The van der Waals surface area contributed by atoms with Crippen LogP contribution in [0.3, 0.4) is 0 Å². The third-order valence-electron chi connectivity index (χ3n) is 5.04. The van der Waals surface area contributed by atoms with Crippen molar-refractivity contribution in [2.75, 3.05) is 46.2 Å². The van der Waals surface area contributed by atoms with E-state index in [1.165, 1.54) is 4.90 Å². The smallest absolute Gasteiger partial charge is 0.277 e. The SMILES string of the molecule is CCOc1ccc(C[NH+](C)CC(=O)N(C)CC(=O)Nc2c(C)cccc2C)cc1OC. The van der Waals surface area contributed by atoms with Crippen LogP contribution in [-0.2, 0) is 16.1 Å². The van der Waals surface area contributed by atoms with Gasteiger partial charge in [-0.3, -0.25) is 9.59 Å². The van der Waals surface area contributed by atoms with E-state index in [1.807, 2.05) is 64.2 Å². The van der Waals surface area contributed by atoms with E-state index in [9.17, 15) is 9.59 Å². The van der Waals surface area contributed by atoms with Gasteiger partial charge in [0.25, 0.3) is 5.91 Å². The highest BCUT2D eigenvalue weighted by atomic mass is 16.5. The highest BCUT2D eigenvalue weighted by Crippen LogP contribution is 2.27. The second kappa shape index (κ2) is 11.4. The number of carbonyl (C=O) groups is 2. The van der Waals surface area contributed by atoms with Crippen LogP contribution < -0.4 is 19.7 Å². The average Bonchev–Trinajstić information content (AvgIpc) is 2.72. The van der Waals surface area contributed by atoms with Gasteiger partial charge in [0.2, 0.25) is 5.91 Å². The summed E-state index contributed by atoms with van der Waals surface area (Å²) in [5.41, 5.74) is 3.84. The van der Waals surface area contributed by atoms with Gasteiger partial charge in [-0.05, 0) is 50.1 Å². The third-order valence-corrected chi connectivity index (χ3v) is 5.04. The van der Waals surface area contributed by atoms with Gasteiger partial charge in [-0.15, -0.1) is 0 Å². The first-order chi connectivity index (χ1) is 14.7. The fourth-order valence-corrected chi connectivity index (χ4v) is 3.39. The predicted octanol–water partition coefficient (Wildman–Crippen LogP) is 1.82. The highest BCUT2D eigenvalue weighted by Gasteiger charge is 2.19. The molecule has 2 aromatic rings. The topological polar surface area (TPSA) is 72.3 Å². The Morgan fingerprint density at radius 1 is 1.10 bits per heavy atom. The third kappa shape index (κ3) is 7.00. The molecule has 168 valence electrons. The Balaban J connectivity index is 1.89. The van der Waals surface area contributed by atoms with Crippen molar-refractivity contribution in [3.8, 4) is 11.5 Å². The summed E-state index contributed by atoms with van der Waals surface area (Å²) in [5, 5.41) is 2.92. The van der Waals surface area contributed by atoms with Gasteiger partial charge in [0.05, 0.1) is 27.3 Å². The molecule has 0 bridgehead atoms. The number of hydrogen-bond donors (Lipinski definition) is 2. The fourth-order valence-electron chi connectivity index (χ4n) is 3.39. The lowest BCUT2D eigenvalue weighted by molar-refractivity contribution is -0.885. The molecule has 2 amide bonds. The Morgan fingerprint density at radius 2 is 1.77 bits per heavy atom. The first kappa shape index (κ1) is 24.2. The maximum atomic E-state index is 12.6. The van der Waals surface area contributed by atoms with Crippen molar-refractivity contribution in [1.29, 1.82) is 0 Å². The number of carbonyl (C=O) groups excluding carboxylic acids is 2. The molecule has 0 spiro atoms. The number of amides is 2. The zero-order valence-electron chi connectivity index (χ0n) is 19.4. The number of hydrogen-bond acceptors (Lipinski definition) is 4. The summed E-state index contributed by atoms with van der Waals surface area (Å²) in [5.74, 6) is 1.09. The summed E-state index contributed by atoms with van der Waals surface area (Å²) in [4.78, 5) is 27.5. The molecule has 7 nitrogen and oxygen atoms in total. The van der Waals surface area contributed by atoms with Gasteiger partial charge in [-0.2, -0.15) is 0 Å². The van der Waals surface area contributed by atoms with E-state index in [0.717, 1.165) is 27.3 Å². The summed E-state index contributed by atoms with van der Waals surface area (Å²) in [6.07, 6.45) is 0. The Hall–Kier alpha value is -3.06. The van der Waals surface area contributed by atoms with Crippen molar-refractivity contribution in [3.05, 3.63) is 53.1 Å². The van der Waals surface area contributed by atoms with E-state index in [-0.39, 0.29) is 24.9 Å². The molecule has 2 N–H and O–H groups in total. The lowest BCUT2D eigenvalue weighted by Gasteiger charge is -2.20. The first-order valence-corrected chi connectivity index (χ1v) is 10.5. The van der Waals surface area contributed by atoms with Crippen molar-refractivity contribution in [2.45, 2.75) is 27.3 Å². The number of ether oxygens (including phenoxy) is 2. The van der Waals surface area contributed by atoms with E-state index >= 15 is 0 Å². The molecule has 0 heterocycles. The van der Waals surface area contributed by atoms with Crippen LogP contribution in [0.4, 0.5) is 5.69 Å². The minimum Gasteiger partial charge on any atom is -0.493 e. The number of nitrogens with zero attached hydrogens (tertiary/aromatic N) is 1. The summed E-state index contributed by atoms with van der Waals surface area (Å²) in [6, 6.07) is 11.6. The normalized spacial score (nSPS) is 11.5. The molecule has 0 saturated carbocycles. The molecule has 1 unspecified atom stereocenters. The maximum Gasteiger partial charge on any atom is 0.277 e. The number of benzene rings is 2. The van der Waals surface area contributed by atoms with Crippen LogP contribution in [0.5, 0.6) is 11.5 Å².